The number of aromatic nitrogens is 3. The zero-order valence-corrected chi connectivity index (χ0v) is 23.0. The second-order valence-corrected chi connectivity index (χ2v) is 11.9. The van der Waals surface area contributed by atoms with Crippen LogP contribution < -0.4 is 21.9 Å². The largest absolute Gasteiger partial charge is 0.357 e. The van der Waals surface area contributed by atoms with E-state index in [4.69, 9.17) is 0 Å². The molecule has 2 amide bonds. The SMILES string of the molecule is CN1C(=O)c2ccccc2NC1C(=O)NC1CCC(n2c(=O)c3cc(F)cnc3n(C3CCSCC3)c2=O)CC1. The Labute approximate surface area is 233 Å². The van der Waals surface area contributed by atoms with Gasteiger partial charge in [0.2, 0.25) is 0 Å². The zero-order chi connectivity index (χ0) is 28.0. The Bertz CT molecular complexity index is 1590. The third-order valence-corrected chi connectivity index (χ3v) is 9.34. The number of carbonyl (C=O) groups excluding carboxylic acids is 2. The molecule has 2 aromatic heterocycles. The van der Waals surface area contributed by atoms with E-state index in [9.17, 15) is 23.6 Å². The minimum Gasteiger partial charge on any atom is -0.357 e. The van der Waals surface area contributed by atoms with E-state index in [-0.39, 0.29) is 41.0 Å². The predicted octanol–water partition coefficient (Wildman–Crippen LogP) is 2.89. The molecule has 10 nitrogen and oxygen atoms in total. The number of anilines is 1. The molecule has 4 heterocycles. The third kappa shape index (κ3) is 4.67. The van der Waals surface area contributed by atoms with Gasteiger partial charge in [-0.1, -0.05) is 12.1 Å². The van der Waals surface area contributed by atoms with Gasteiger partial charge in [0.05, 0.1) is 17.1 Å². The maximum atomic E-state index is 14.2. The second-order valence-electron chi connectivity index (χ2n) is 10.7. The van der Waals surface area contributed by atoms with Crippen molar-refractivity contribution in [2.24, 2.45) is 0 Å². The Hall–Kier alpha value is -3.67. The molecule has 3 aromatic rings. The average Bonchev–Trinajstić information content (AvgIpc) is 2.97. The Morgan fingerprint density at radius 2 is 1.73 bits per heavy atom. The summed E-state index contributed by atoms with van der Waals surface area (Å²) in [5.74, 6) is 0.663. The average molecular weight is 567 g/mol. The molecular formula is C28H31FN6O4S. The number of pyridine rings is 1. The third-order valence-electron chi connectivity index (χ3n) is 8.29. The van der Waals surface area contributed by atoms with Crippen molar-refractivity contribution in [2.45, 2.75) is 62.8 Å². The molecule has 1 aromatic carbocycles. The lowest BCUT2D eigenvalue weighted by Crippen LogP contribution is -2.56. The molecule has 1 saturated carbocycles. The quantitative estimate of drug-likeness (QED) is 0.499. The van der Waals surface area contributed by atoms with Gasteiger partial charge in [-0.3, -0.25) is 23.5 Å². The van der Waals surface area contributed by atoms with Crippen LogP contribution in [0.15, 0.2) is 46.1 Å². The predicted molar refractivity (Wildman–Crippen MR) is 151 cm³/mol. The van der Waals surface area contributed by atoms with Crippen molar-refractivity contribution in [3.05, 3.63) is 68.7 Å². The molecule has 1 unspecified atom stereocenters. The van der Waals surface area contributed by atoms with Crippen molar-refractivity contribution < 1.29 is 14.0 Å². The van der Waals surface area contributed by atoms with Crippen LogP contribution in [0, 0.1) is 5.82 Å². The van der Waals surface area contributed by atoms with Gasteiger partial charge in [-0.15, -0.1) is 0 Å². The number of hydrogen-bond acceptors (Lipinski definition) is 7. The molecule has 2 N–H and O–H groups in total. The van der Waals surface area contributed by atoms with Gasteiger partial charge in [0.1, 0.15) is 11.5 Å². The van der Waals surface area contributed by atoms with Crippen LogP contribution in [-0.2, 0) is 4.79 Å². The number of hydrogen-bond donors (Lipinski definition) is 2. The lowest BCUT2D eigenvalue weighted by molar-refractivity contribution is -0.125. The Kier molecular flexibility index (Phi) is 7.11. The van der Waals surface area contributed by atoms with Crippen molar-refractivity contribution in [1.29, 1.82) is 0 Å². The summed E-state index contributed by atoms with van der Waals surface area (Å²) in [4.78, 5) is 58.8. The molecule has 210 valence electrons. The van der Waals surface area contributed by atoms with E-state index >= 15 is 0 Å². The van der Waals surface area contributed by atoms with Crippen molar-refractivity contribution in [3.63, 3.8) is 0 Å². The van der Waals surface area contributed by atoms with Gasteiger partial charge >= 0.3 is 5.69 Å². The van der Waals surface area contributed by atoms with Crippen molar-refractivity contribution in [3.8, 4) is 0 Å². The number of thioether (sulfide) groups is 1. The summed E-state index contributed by atoms with van der Waals surface area (Å²) < 4.78 is 17.0. The number of carbonyl (C=O) groups is 2. The molecule has 1 atom stereocenters. The molecule has 0 radical (unpaired) electrons. The van der Waals surface area contributed by atoms with Crippen LogP contribution >= 0.6 is 11.8 Å². The summed E-state index contributed by atoms with van der Waals surface area (Å²) >= 11 is 1.83. The fourth-order valence-corrected chi connectivity index (χ4v) is 7.23. The fourth-order valence-electron chi connectivity index (χ4n) is 6.15. The summed E-state index contributed by atoms with van der Waals surface area (Å²) in [6, 6.07) is 7.62. The topological polar surface area (TPSA) is 118 Å². The molecule has 2 fully saturated rings. The van der Waals surface area contributed by atoms with Crippen LogP contribution in [0.3, 0.4) is 0 Å². The molecule has 3 aliphatic rings. The summed E-state index contributed by atoms with van der Waals surface area (Å²) in [5.41, 5.74) is 0.454. The maximum Gasteiger partial charge on any atom is 0.333 e. The molecular weight excluding hydrogens is 535 g/mol. The molecule has 1 saturated heterocycles. The molecule has 12 heteroatoms. The van der Waals surface area contributed by atoms with Gasteiger partial charge in [0.25, 0.3) is 17.4 Å². The van der Waals surface area contributed by atoms with Crippen LogP contribution in [0.4, 0.5) is 10.1 Å². The number of rotatable bonds is 4. The van der Waals surface area contributed by atoms with Crippen LogP contribution in [0.2, 0.25) is 0 Å². The number of halogens is 1. The monoisotopic (exact) mass is 566 g/mol. The molecule has 6 rings (SSSR count). The summed E-state index contributed by atoms with van der Waals surface area (Å²) in [5, 5.41) is 6.30. The fraction of sp³-hybridized carbons (Fsp3) is 0.464. The summed E-state index contributed by atoms with van der Waals surface area (Å²) in [6.45, 7) is 0. The van der Waals surface area contributed by atoms with Gasteiger partial charge < -0.3 is 15.5 Å². The van der Waals surface area contributed by atoms with Gasteiger partial charge in [-0.2, -0.15) is 11.8 Å². The Morgan fingerprint density at radius 3 is 2.48 bits per heavy atom. The lowest BCUT2D eigenvalue weighted by Gasteiger charge is -2.36. The molecule has 0 spiro atoms. The molecule has 2 aliphatic heterocycles. The van der Waals surface area contributed by atoms with Gasteiger partial charge in [0.15, 0.2) is 6.17 Å². The van der Waals surface area contributed by atoms with Crippen LogP contribution in [0.25, 0.3) is 11.0 Å². The smallest absolute Gasteiger partial charge is 0.333 e. The Morgan fingerprint density at radius 1 is 1.02 bits per heavy atom. The number of para-hydroxylation sites is 1. The maximum absolute atomic E-state index is 14.2. The van der Waals surface area contributed by atoms with E-state index in [0.29, 0.717) is 36.9 Å². The number of nitrogens with one attached hydrogen (secondary N) is 2. The second kappa shape index (κ2) is 10.7. The lowest BCUT2D eigenvalue weighted by atomic mass is 9.90. The van der Waals surface area contributed by atoms with Gasteiger partial charge in [0, 0.05) is 30.9 Å². The van der Waals surface area contributed by atoms with E-state index in [1.54, 1.807) is 35.9 Å². The summed E-state index contributed by atoms with van der Waals surface area (Å²) in [7, 11) is 1.59. The van der Waals surface area contributed by atoms with Crippen LogP contribution in [0.1, 0.15) is 61.0 Å². The number of benzene rings is 1. The highest BCUT2D eigenvalue weighted by Crippen LogP contribution is 2.31. The normalized spacial score (nSPS) is 23.5. The van der Waals surface area contributed by atoms with Gasteiger partial charge in [-0.25, -0.2) is 14.2 Å². The number of likely N-dealkylation sites (N-methyl/N-ethyl adjacent to an activating group) is 1. The number of nitrogens with zero attached hydrogens (tertiary/aromatic N) is 4. The molecule has 0 bridgehead atoms. The first kappa shape index (κ1) is 26.5. The van der Waals surface area contributed by atoms with E-state index in [2.05, 4.69) is 15.6 Å². The van der Waals surface area contributed by atoms with E-state index in [1.807, 2.05) is 11.8 Å². The standard InChI is InChI=1S/C28H31FN6O4S/c1-33-24(32-22-5-3-2-4-20(22)26(33)37)25(36)31-17-6-8-18(9-7-17)35-27(38)21-14-16(29)15-30-23(21)34(28(35)39)19-10-12-40-13-11-19/h2-5,14-15,17-19,24,32H,6-13H2,1H3,(H,31,36). The minimum atomic E-state index is -0.841. The first-order valence-electron chi connectivity index (χ1n) is 13.7. The molecule has 40 heavy (non-hydrogen) atoms. The Balaban J connectivity index is 1.21. The van der Waals surface area contributed by atoms with Gasteiger partial charge in [-0.05, 0) is 68.2 Å². The highest BCUT2D eigenvalue weighted by Gasteiger charge is 2.36. The van der Waals surface area contributed by atoms with E-state index < -0.39 is 23.2 Å². The first-order valence-corrected chi connectivity index (χ1v) is 14.8. The van der Waals surface area contributed by atoms with Crippen LogP contribution in [-0.4, -0.2) is 61.6 Å². The van der Waals surface area contributed by atoms with Crippen LogP contribution in [0.5, 0.6) is 0 Å². The molecule has 1 aliphatic carbocycles. The van der Waals surface area contributed by atoms with Crippen molar-refractivity contribution in [1.82, 2.24) is 24.3 Å². The minimum absolute atomic E-state index is 0.0930. The highest BCUT2D eigenvalue weighted by atomic mass is 32.2. The number of amides is 2. The number of fused-ring (bicyclic) bond motifs is 2. The highest BCUT2D eigenvalue weighted by molar-refractivity contribution is 7.99. The van der Waals surface area contributed by atoms with E-state index in [1.165, 1.54) is 15.5 Å². The van der Waals surface area contributed by atoms with Crippen molar-refractivity contribution in [2.75, 3.05) is 23.9 Å². The van der Waals surface area contributed by atoms with Crippen molar-refractivity contribution >= 4 is 40.3 Å². The van der Waals surface area contributed by atoms with E-state index in [0.717, 1.165) is 30.5 Å². The summed E-state index contributed by atoms with van der Waals surface area (Å²) in [6.07, 6.45) is 3.91. The first-order chi connectivity index (χ1) is 19.3. The zero-order valence-electron chi connectivity index (χ0n) is 22.1.